The minimum Gasteiger partial charge on any atom is -0.467 e. The van der Waals surface area contributed by atoms with Crippen molar-refractivity contribution >= 4 is 6.03 Å². The van der Waals surface area contributed by atoms with Crippen LogP contribution in [0, 0.1) is 0 Å². The second-order valence-electron chi connectivity index (χ2n) is 6.56. The molecule has 3 aromatic rings. The van der Waals surface area contributed by atoms with E-state index in [9.17, 15) is 4.79 Å². The average molecular weight is 366 g/mol. The molecule has 2 amide bonds. The second-order valence-corrected chi connectivity index (χ2v) is 6.56. The van der Waals surface area contributed by atoms with Gasteiger partial charge in [0.25, 0.3) is 0 Å². The quantitative estimate of drug-likeness (QED) is 0.766. The van der Waals surface area contributed by atoms with E-state index in [1.54, 1.807) is 23.5 Å². The first kappa shape index (κ1) is 17.3. The molecular weight excluding hydrogens is 344 g/mol. The molecule has 1 N–H and O–H groups in total. The van der Waals surface area contributed by atoms with Crippen molar-refractivity contribution in [1.82, 2.24) is 30.0 Å². The molecule has 27 heavy (non-hydrogen) atoms. The fourth-order valence-corrected chi connectivity index (χ4v) is 3.49. The summed E-state index contributed by atoms with van der Waals surface area (Å²) in [6, 6.07) is 7.48. The summed E-state index contributed by atoms with van der Waals surface area (Å²) >= 11 is 0. The first-order valence-electron chi connectivity index (χ1n) is 9.19. The Kier molecular flexibility index (Phi) is 5.13. The van der Waals surface area contributed by atoms with Crippen LogP contribution in [0.2, 0.25) is 0 Å². The summed E-state index contributed by atoms with van der Waals surface area (Å²) in [5.41, 5.74) is 0.876. The highest BCUT2D eigenvalue weighted by molar-refractivity contribution is 5.74. The van der Waals surface area contributed by atoms with Crippen LogP contribution < -0.4 is 5.32 Å². The van der Waals surface area contributed by atoms with Crippen molar-refractivity contribution < 1.29 is 9.21 Å². The lowest BCUT2D eigenvalue weighted by molar-refractivity contribution is 0.166. The van der Waals surface area contributed by atoms with Crippen LogP contribution in [-0.4, -0.2) is 37.2 Å². The minimum atomic E-state index is -0.0910. The number of rotatable bonds is 4. The molecule has 1 aliphatic rings. The number of nitrogens with zero attached hydrogens (tertiary/aromatic N) is 5. The Morgan fingerprint density at radius 1 is 1.26 bits per heavy atom. The third-order valence-corrected chi connectivity index (χ3v) is 4.82. The van der Waals surface area contributed by atoms with Gasteiger partial charge >= 0.3 is 6.03 Å². The van der Waals surface area contributed by atoms with E-state index in [-0.39, 0.29) is 12.1 Å². The molecular formula is C19H22N6O2. The smallest absolute Gasteiger partial charge is 0.318 e. The number of urea groups is 1. The molecule has 0 bridgehead atoms. The Labute approximate surface area is 157 Å². The Bertz CT molecular complexity index is 862. The molecule has 0 aromatic carbocycles. The Morgan fingerprint density at radius 2 is 2.22 bits per heavy atom. The fourth-order valence-electron chi connectivity index (χ4n) is 3.49. The minimum absolute atomic E-state index is 0.0221. The molecule has 0 spiro atoms. The largest absolute Gasteiger partial charge is 0.467 e. The van der Waals surface area contributed by atoms with Crippen LogP contribution in [-0.2, 0) is 6.54 Å². The molecule has 140 valence electrons. The number of carbonyl (C=O) groups excluding carboxylic acids is 1. The van der Waals surface area contributed by atoms with E-state index in [1.165, 1.54) is 6.33 Å². The van der Waals surface area contributed by atoms with Crippen molar-refractivity contribution in [2.45, 2.75) is 38.3 Å². The van der Waals surface area contributed by atoms with Gasteiger partial charge in [0.2, 0.25) is 0 Å². The van der Waals surface area contributed by atoms with Crippen LogP contribution in [0.3, 0.4) is 0 Å². The molecule has 1 fully saturated rings. The number of furan rings is 1. The predicted octanol–water partition coefficient (Wildman–Crippen LogP) is 3.08. The molecule has 0 saturated carbocycles. The van der Waals surface area contributed by atoms with Gasteiger partial charge in [-0.1, -0.05) is 18.9 Å². The Balaban J connectivity index is 1.49. The SMILES string of the molecule is O=C(NCc1cccnc1-n1cncn1)N1CCCCC[C@@H]1c1ccco1. The second kappa shape index (κ2) is 8.03. The maximum Gasteiger partial charge on any atom is 0.318 e. The molecule has 3 aromatic heterocycles. The van der Waals surface area contributed by atoms with E-state index in [2.05, 4.69) is 20.4 Å². The molecule has 1 aliphatic heterocycles. The summed E-state index contributed by atoms with van der Waals surface area (Å²) in [6.07, 6.45) is 10.5. The zero-order chi connectivity index (χ0) is 18.5. The lowest BCUT2D eigenvalue weighted by atomic mass is 10.1. The van der Waals surface area contributed by atoms with Crippen LogP contribution in [0.4, 0.5) is 4.79 Å². The first-order chi connectivity index (χ1) is 13.3. The van der Waals surface area contributed by atoms with Gasteiger partial charge in [0.1, 0.15) is 18.4 Å². The highest BCUT2D eigenvalue weighted by Gasteiger charge is 2.28. The summed E-state index contributed by atoms with van der Waals surface area (Å²) in [5.74, 6) is 1.51. The number of pyridine rings is 1. The molecule has 1 saturated heterocycles. The van der Waals surface area contributed by atoms with Crippen molar-refractivity contribution in [3.63, 3.8) is 0 Å². The number of aromatic nitrogens is 4. The normalized spacial score (nSPS) is 17.5. The van der Waals surface area contributed by atoms with Crippen LogP contribution in [0.1, 0.15) is 43.0 Å². The van der Waals surface area contributed by atoms with Crippen molar-refractivity contribution in [2.75, 3.05) is 6.54 Å². The van der Waals surface area contributed by atoms with Gasteiger partial charge in [-0.25, -0.2) is 19.4 Å². The van der Waals surface area contributed by atoms with E-state index >= 15 is 0 Å². The predicted molar refractivity (Wildman–Crippen MR) is 98.0 cm³/mol. The molecule has 4 heterocycles. The molecule has 8 nitrogen and oxygen atoms in total. The van der Waals surface area contributed by atoms with Crippen LogP contribution in [0.5, 0.6) is 0 Å². The monoisotopic (exact) mass is 366 g/mol. The summed E-state index contributed by atoms with van der Waals surface area (Å²) in [5, 5.41) is 7.16. The van der Waals surface area contributed by atoms with Crippen molar-refractivity contribution in [3.05, 3.63) is 60.7 Å². The molecule has 0 aliphatic carbocycles. The highest BCUT2D eigenvalue weighted by Crippen LogP contribution is 2.30. The van der Waals surface area contributed by atoms with E-state index < -0.39 is 0 Å². The van der Waals surface area contributed by atoms with Gasteiger partial charge in [-0.3, -0.25) is 0 Å². The van der Waals surface area contributed by atoms with Crippen molar-refractivity contribution in [3.8, 4) is 5.82 Å². The van der Waals surface area contributed by atoms with Gasteiger partial charge in [-0.15, -0.1) is 0 Å². The van der Waals surface area contributed by atoms with Crippen molar-refractivity contribution in [2.24, 2.45) is 0 Å². The fraction of sp³-hybridized carbons (Fsp3) is 0.368. The summed E-state index contributed by atoms with van der Waals surface area (Å²) in [4.78, 5) is 23.2. The zero-order valence-corrected chi connectivity index (χ0v) is 15.0. The number of carbonyl (C=O) groups is 1. The maximum atomic E-state index is 12.9. The topological polar surface area (TPSA) is 89.1 Å². The van der Waals surface area contributed by atoms with Gasteiger partial charge in [0.05, 0.1) is 12.3 Å². The van der Waals surface area contributed by atoms with Crippen LogP contribution >= 0.6 is 0 Å². The standard InChI is InChI=1S/C19H22N6O2/c26-19(24-10-3-1-2-7-16(24)17-8-5-11-27-17)22-12-15-6-4-9-21-18(15)25-14-20-13-23-25/h4-6,8-9,11,13-14,16H,1-3,7,10,12H2,(H,22,26)/t16-/m1/s1. The Hall–Kier alpha value is -3.16. The van der Waals surface area contributed by atoms with Gasteiger partial charge in [0, 0.05) is 24.8 Å². The lowest BCUT2D eigenvalue weighted by Crippen LogP contribution is -2.42. The maximum absolute atomic E-state index is 12.9. The van der Waals surface area contributed by atoms with Gasteiger partial charge < -0.3 is 14.6 Å². The molecule has 0 radical (unpaired) electrons. The average Bonchev–Trinajstić information content (AvgIpc) is 3.37. The number of nitrogens with one attached hydrogen (secondary N) is 1. The molecule has 4 rings (SSSR count). The first-order valence-corrected chi connectivity index (χ1v) is 9.19. The number of hydrogen-bond donors (Lipinski definition) is 1. The van der Waals surface area contributed by atoms with Crippen LogP contribution in [0.15, 0.2) is 53.8 Å². The van der Waals surface area contributed by atoms with E-state index in [0.717, 1.165) is 43.6 Å². The third kappa shape index (κ3) is 3.84. The third-order valence-electron chi connectivity index (χ3n) is 4.82. The molecule has 1 atom stereocenters. The summed E-state index contributed by atoms with van der Waals surface area (Å²) in [6.45, 7) is 1.09. The van der Waals surface area contributed by atoms with E-state index in [1.807, 2.05) is 29.2 Å². The lowest BCUT2D eigenvalue weighted by Gasteiger charge is -2.28. The highest BCUT2D eigenvalue weighted by atomic mass is 16.3. The molecule has 8 heteroatoms. The molecule has 0 unspecified atom stereocenters. The number of likely N-dealkylation sites (tertiary alicyclic amines) is 1. The Morgan fingerprint density at radius 3 is 3.04 bits per heavy atom. The van der Waals surface area contributed by atoms with Crippen LogP contribution in [0.25, 0.3) is 5.82 Å². The zero-order valence-electron chi connectivity index (χ0n) is 15.0. The van der Waals surface area contributed by atoms with Gasteiger partial charge in [-0.2, -0.15) is 5.10 Å². The number of hydrogen-bond acceptors (Lipinski definition) is 5. The van der Waals surface area contributed by atoms with Gasteiger partial charge in [0.15, 0.2) is 5.82 Å². The van der Waals surface area contributed by atoms with E-state index in [0.29, 0.717) is 12.4 Å². The van der Waals surface area contributed by atoms with E-state index in [4.69, 9.17) is 4.42 Å². The number of amides is 2. The summed E-state index contributed by atoms with van der Waals surface area (Å²) < 4.78 is 7.19. The van der Waals surface area contributed by atoms with Crippen molar-refractivity contribution in [1.29, 1.82) is 0 Å². The van der Waals surface area contributed by atoms with Gasteiger partial charge in [-0.05, 0) is 31.0 Å². The summed E-state index contributed by atoms with van der Waals surface area (Å²) in [7, 11) is 0.